The molecule has 4 atom stereocenters. The van der Waals surface area contributed by atoms with Gasteiger partial charge in [-0.15, -0.1) is 0 Å². The SMILES string of the molecule is CC1=CCC[C@@]2(C)[C@@H](CC[C@@]2(O)CN(CC23CC4CC(CC(C4)C2)C3)S(C)(=O)=O)c2ccc(cc2C(=O)Cc2c(F)cccc2Cl)C[C@@H](O)CC1. The molecule has 0 aliphatic heterocycles. The number of carbonyl (C=O) groups excluding carboxylic acids is 1. The number of hydrogen-bond acceptors (Lipinski definition) is 5. The molecule has 2 aromatic rings. The second kappa shape index (κ2) is 14.0. The summed E-state index contributed by atoms with van der Waals surface area (Å²) in [5.41, 5.74) is 1.25. The van der Waals surface area contributed by atoms with Crippen molar-refractivity contribution in [2.24, 2.45) is 28.6 Å². The van der Waals surface area contributed by atoms with Crippen molar-refractivity contribution in [3.05, 3.63) is 81.1 Å². The van der Waals surface area contributed by atoms with Crippen LogP contribution in [0.25, 0.3) is 0 Å². The number of carbonyl (C=O) groups is 1. The molecule has 9 rings (SSSR count). The van der Waals surface area contributed by atoms with Crippen LogP contribution in [0.15, 0.2) is 48.0 Å². The lowest BCUT2D eigenvalue weighted by atomic mass is 9.49. The number of rotatable bonds is 8. The lowest BCUT2D eigenvalue weighted by molar-refractivity contribution is -0.0919. The molecule has 2 aromatic carbocycles. The maximum atomic E-state index is 15.0. The number of allylic oxidation sites excluding steroid dienone is 2. The highest BCUT2D eigenvalue weighted by Crippen LogP contribution is 2.62. The fourth-order valence-electron chi connectivity index (χ4n) is 11.6. The number of sulfonamides is 1. The van der Waals surface area contributed by atoms with Crippen molar-refractivity contribution in [2.45, 2.75) is 121 Å². The van der Waals surface area contributed by atoms with E-state index in [4.69, 9.17) is 11.6 Å². The van der Waals surface area contributed by atoms with E-state index in [-0.39, 0.29) is 40.7 Å². The van der Waals surface area contributed by atoms with Crippen LogP contribution in [0.1, 0.15) is 124 Å². The third kappa shape index (κ3) is 7.38. The van der Waals surface area contributed by atoms with Crippen LogP contribution < -0.4 is 0 Å². The Hall–Kier alpha value is -2.10. The standard InChI is InChI=1S/C42H55ClFNO5S/c1-27-6-5-14-40(2)36(13-15-42(40,48)26-45(51(3,49)50)25-41-22-29-16-30(23-41)18-31(17-29)24-41)33-12-10-28(19-32(46)11-9-27)20-34(33)39(47)21-35-37(43)7-4-8-38(35)44/h4,6-8,10,12,20,29-32,36,46,48H,5,9,11,13-19,21-26H2,1-3H3/t29?,30?,31?,32-,36-,40-,41?,42+/m0/s1. The van der Waals surface area contributed by atoms with E-state index in [9.17, 15) is 27.8 Å². The molecule has 6 bridgehead atoms. The molecule has 7 aliphatic rings. The van der Waals surface area contributed by atoms with Crippen molar-refractivity contribution in [1.29, 1.82) is 0 Å². The first-order valence-electron chi connectivity index (χ1n) is 19.2. The molecule has 5 saturated carbocycles. The van der Waals surface area contributed by atoms with Gasteiger partial charge in [0.2, 0.25) is 10.0 Å². The van der Waals surface area contributed by atoms with Crippen molar-refractivity contribution in [3.8, 4) is 0 Å². The van der Waals surface area contributed by atoms with Gasteiger partial charge in [-0.3, -0.25) is 4.79 Å². The van der Waals surface area contributed by atoms with Gasteiger partial charge in [-0.05, 0) is 149 Å². The summed E-state index contributed by atoms with van der Waals surface area (Å²) < 4.78 is 43.9. The molecule has 0 unspecified atom stereocenters. The molecule has 0 spiro atoms. The molecular weight excluding hydrogens is 685 g/mol. The number of hydrogen-bond donors (Lipinski definition) is 2. The van der Waals surface area contributed by atoms with Crippen molar-refractivity contribution in [3.63, 3.8) is 0 Å². The Morgan fingerprint density at radius 1 is 1.02 bits per heavy atom. The predicted molar refractivity (Wildman–Crippen MR) is 200 cm³/mol. The fraction of sp³-hybridized carbons (Fsp3) is 0.643. The number of fused-ring (bicyclic) bond motifs is 8. The fourth-order valence-corrected chi connectivity index (χ4v) is 12.8. The smallest absolute Gasteiger partial charge is 0.211 e. The molecule has 0 aromatic heterocycles. The molecule has 0 heterocycles. The monoisotopic (exact) mass is 739 g/mol. The highest BCUT2D eigenvalue weighted by molar-refractivity contribution is 7.88. The van der Waals surface area contributed by atoms with E-state index in [0.29, 0.717) is 68.4 Å². The van der Waals surface area contributed by atoms with Gasteiger partial charge in [0.05, 0.1) is 18.0 Å². The van der Waals surface area contributed by atoms with E-state index in [1.165, 1.54) is 43.2 Å². The predicted octanol–water partition coefficient (Wildman–Crippen LogP) is 8.42. The Balaban J connectivity index is 1.27. The van der Waals surface area contributed by atoms with Crippen molar-refractivity contribution >= 4 is 27.4 Å². The van der Waals surface area contributed by atoms with Crippen LogP contribution in [-0.4, -0.2) is 59.8 Å². The Morgan fingerprint density at radius 2 is 1.71 bits per heavy atom. The van der Waals surface area contributed by atoms with Gasteiger partial charge in [-0.25, -0.2) is 12.8 Å². The van der Waals surface area contributed by atoms with Gasteiger partial charge in [0, 0.05) is 41.1 Å². The van der Waals surface area contributed by atoms with Gasteiger partial charge in [-0.1, -0.05) is 48.4 Å². The Labute approximate surface area is 308 Å². The summed E-state index contributed by atoms with van der Waals surface area (Å²) >= 11 is 6.38. The highest BCUT2D eigenvalue weighted by atomic mass is 35.5. The normalized spacial score (nSPS) is 35.1. The first-order chi connectivity index (χ1) is 24.1. The average molecular weight is 740 g/mol. The van der Waals surface area contributed by atoms with E-state index in [2.05, 4.69) is 19.9 Å². The quantitative estimate of drug-likeness (QED) is 0.210. The van der Waals surface area contributed by atoms with Crippen molar-refractivity contribution < 1.29 is 27.8 Å². The van der Waals surface area contributed by atoms with E-state index in [1.54, 1.807) is 10.4 Å². The molecule has 51 heavy (non-hydrogen) atoms. The minimum absolute atomic E-state index is 0.0236. The molecule has 0 amide bonds. The molecule has 5 fully saturated rings. The molecule has 0 saturated heterocycles. The summed E-state index contributed by atoms with van der Waals surface area (Å²) in [5.74, 6) is 0.991. The Kier molecular flexibility index (Phi) is 10.2. The van der Waals surface area contributed by atoms with E-state index >= 15 is 0 Å². The van der Waals surface area contributed by atoms with Gasteiger partial charge in [0.15, 0.2) is 5.78 Å². The molecular formula is C42H55ClFNO5S. The summed E-state index contributed by atoms with van der Waals surface area (Å²) in [6.07, 6.45) is 13.7. The molecule has 9 heteroatoms. The van der Waals surface area contributed by atoms with Gasteiger partial charge < -0.3 is 10.2 Å². The van der Waals surface area contributed by atoms with Crippen LogP contribution in [0.2, 0.25) is 5.02 Å². The molecule has 2 N–H and O–H groups in total. The third-order valence-electron chi connectivity index (χ3n) is 14.0. The zero-order valence-corrected chi connectivity index (χ0v) is 32.0. The maximum Gasteiger partial charge on any atom is 0.211 e. The topological polar surface area (TPSA) is 94.9 Å². The number of ketones is 1. The summed E-state index contributed by atoms with van der Waals surface area (Å²) in [4.78, 5) is 14.3. The first-order valence-corrected chi connectivity index (χ1v) is 21.4. The highest BCUT2D eigenvalue weighted by Gasteiger charge is 2.59. The third-order valence-corrected chi connectivity index (χ3v) is 15.5. The molecule has 7 aliphatic carbocycles. The minimum Gasteiger partial charge on any atom is -0.393 e. The van der Waals surface area contributed by atoms with E-state index in [1.807, 2.05) is 18.2 Å². The van der Waals surface area contributed by atoms with E-state index in [0.717, 1.165) is 36.8 Å². The van der Waals surface area contributed by atoms with Crippen LogP contribution in [0.5, 0.6) is 0 Å². The number of halogens is 2. The summed E-state index contributed by atoms with van der Waals surface area (Å²) in [6.45, 7) is 4.66. The Bertz CT molecular complexity index is 1750. The number of Topliss-reactive ketones (excluding diaryl/α,β-unsaturated/α-hetero) is 1. The van der Waals surface area contributed by atoms with Gasteiger partial charge in [0.1, 0.15) is 5.82 Å². The van der Waals surface area contributed by atoms with Crippen LogP contribution >= 0.6 is 11.6 Å². The first kappa shape index (κ1) is 37.2. The maximum absolute atomic E-state index is 15.0. The van der Waals surface area contributed by atoms with Gasteiger partial charge in [-0.2, -0.15) is 4.31 Å². The second-order valence-corrected chi connectivity index (χ2v) is 20.1. The van der Waals surface area contributed by atoms with Crippen LogP contribution in [0.3, 0.4) is 0 Å². The number of nitrogens with zero attached hydrogens (tertiary/aromatic N) is 1. The largest absolute Gasteiger partial charge is 0.393 e. The lowest BCUT2D eigenvalue weighted by Gasteiger charge is -2.58. The Morgan fingerprint density at radius 3 is 2.35 bits per heavy atom. The summed E-state index contributed by atoms with van der Waals surface area (Å²) in [6, 6.07) is 10.2. The van der Waals surface area contributed by atoms with Crippen molar-refractivity contribution in [2.75, 3.05) is 19.3 Å². The average Bonchev–Trinajstić information content (AvgIpc) is 3.29. The minimum atomic E-state index is -3.64. The molecule has 278 valence electrons. The van der Waals surface area contributed by atoms with Gasteiger partial charge in [0.25, 0.3) is 0 Å². The zero-order valence-electron chi connectivity index (χ0n) is 30.5. The second-order valence-electron chi connectivity index (χ2n) is 17.7. The van der Waals surface area contributed by atoms with Crippen LogP contribution in [-0.2, 0) is 22.9 Å². The van der Waals surface area contributed by atoms with Gasteiger partial charge >= 0.3 is 0 Å². The zero-order chi connectivity index (χ0) is 36.3. The van der Waals surface area contributed by atoms with Crippen molar-refractivity contribution in [1.82, 2.24) is 4.31 Å². The number of aliphatic hydroxyl groups is 2. The summed E-state index contributed by atoms with van der Waals surface area (Å²) in [7, 11) is -3.64. The summed E-state index contributed by atoms with van der Waals surface area (Å²) in [5, 5.41) is 24.1. The van der Waals surface area contributed by atoms with E-state index < -0.39 is 33.0 Å². The van der Waals surface area contributed by atoms with Crippen LogP contribution in [0.4, 0.5) is 4.39 Å². The molecule has 0 radical (unpaired) electrons. The molecule has 6 nitrogen and oxygen atoms in total. The number of benzene rings is 2. The number of aliphatic hydroxyl groups excluding tert-OH is 1. The van der Waals surface area contributed by atoms with Crippen LogP contribution in [0, 0.1) is 34.4 Å². The lowest BCUT2D eigenvalue weighted by Crippen LogP contribution is -2.57.